The highest BCUT2D eigenvalue weighted by Gasteiger charge is 2.18. The first kappa shape index (κ1) is 21.3. The van der Waals surface area contributed by atoms with Gasteiger partial charge < -0.3 is 15.4 Å². The first-order valence-corrected chi connectivity index (χ1v) is 10.8. The number of anilines is 2. The number of hydrogen-bond donors (Lipinski definition) is 4. The Morgan fingerprint density at radius 3 is 2.50 bits per heavy atom. The number of thioether (sulfide) groups is 1. The molecule has 1 aromatic carbocycles. The first-order valence-electron chi connectivity index (χ1n) is 8.41. The Labute approximate surface area is 175 Å². The Hall–Kier alpha value is -3.45. The number of nitrogens with zero attached hydrogens (tertiary/aromatic N) is 3. The molecule has 0 saturated heterocycles. The van der Waals surface area contributed by atoms with E-state index in [0.717, 1.165) is 17.8 Å². The number of amides is 1. The average Bonchev–Trinajstić information content (AvgIpc) is 2.68. The molecule has 0 fully saturated rings. The molecule has 3 aromatic rings. The molecule has 13 heteroatoms. The summed E-state index contributed by atoms with van der Waals surface area (Å²) in [6.45, 7) is 1.59. The van der Waals surface area contributed by atoms with E-state index < -0.39 is 32.6 Å². The zero-order valence-electron chi connectivity index (χ0n) is 15.4. The van der Waals surface area contributed by atoms with Crippen LogP contribution < -0.4 is 15.6 Å². The van der Waals surface area contributed by atoms with Gasteiger partial charge in [0, 0.05) is 18.1 Å². The van der Waals surface area contributed by atoms with Gasteiger partial charge in [-0.3, -0.25) is 9.59 Å². The van der Waals surface area contributed by atoms with Crippen LogP contribution in [0.5, 0.6) is 5.88 Å². The predicted octanol–water partition coefficient (Wildman–Crippen LogP) is 1.19. The van der Waals surface area contributed by atoms with E-state index >= 15 is 0 Å². The molecule has 0 aliphatic carbocycles. The van der Waals surface area contributed by atoms with Gasteiger partial charge in [-0.1, -0.05) is 11.8 Å². The largest absolute Gasteiger partial charge is 0.493 e. The van der Waals surface area contributed by atoms with E-state index in [-0.39, 0.29) is 16.0 Å². The van der Waals surface area contributed by atoms with Crippen LogP contribution in [0.2, 0.25) is 0 Å². The van der Waals surface area contributed by atoms with Gasteiger partial charge >= 0.3 is 0 Å². The zero-order chi connectivity index (χ0) is 21.7. The maximum Gasteiger partial charge on any atom is 0.264 e. The van der Waals surface area contributed by atoms with E-state index in [4.69, 9.17) is 0 Å². The fourth-order valence-corrected chi connectivity index (χ4v) is 3.96. The highest BCUT2D eigenvalue weighted by atomic mass is 32.2. The van der Waals surface area contributed by atoms with Crippen molar-refractivity contribution in [3.63, 3.8) is 0 Å². The Kier molecular flexibility index (Phi) is 6.32. The molecule has 30 heavy (non-hydrogen) atoms. The van der Waals surface area contributed by atoms with Crippen molar-refractivity contribution in [3.8, 4) is 5.88 Å². The molecule has 1 amide bonds. The van der Waals surface area contributed by atoms with Gasteiger partial charge in [0.25, 0.3) is 15.6 Å². The van der Waals surface area contributed by atoms with E-state index in [1.54, 1.807) is 13.0 Å². The number of hydrogen-bond acceptors (Lipinski definition) is 9. The number of aromatic hydroxyl groups is 1. The third kappa shape index (κ3) is 5.55. The molecule has 1 atom stereocenters. The summed E-state index contributed by atoms with van der Waals surface area (Å²) in [5, 5.41) is 11.4. The second-order valence-electron chi connectivity index (χ2n) is 5.86. The number of H-pyrrole nitrogens is 1. The topological polar surface area (TPSA) is 167 Å². The minimum Gasteiger partial charge on any atom is -0.493 e. The Morgan fingerprint density at radius 1 is 1.20 bits per heavy atom. The maximum absolute atomic E-state index is 12.4. The Morgan fingerprint density at radius 2 is 1.87 bits per heavy atom. The van der Waals surface area contributed by atoms with Crippen LogP contribution in [0, 0.1) is 0 Å². The number of carbonyl (C=O) groups is 1. The normalized spacial score (nSPS) is 12.2. The van der Waals surface area contributed by atoms with Crippen molar-refractivity contribution in [1.82, 2.24) is 19.9 Å². The molecule has 2 heterocycles. The minimum atomic E-state index is -3.88. The number of carbonyl (C=O) groups excluding carboxylic acids is 1. The van der Waals surface area contributed by atoms with Gasteiger partial charge in [-0.25, -0.2) is 23.1 Å². The number of aromatic nitrogens is 4. The quantitative estimate of drug-likeness (QED) is 0.306. The second kappa shape index (κ2) is 8.92. The molecule has 0 aliphatic heterocycles. The van der Waals surface area contributed by atoms with E-state index in [9.17, 15) is 23.1 Å². The third-order valence-corrected chi connectivity index (χ3v) is 5.92. The zero-order valence-corrected chi connectivity index (χ0v) is 17.1. The van der Waals surface area contributed by atoms with Crippen molar-refractivity contribution < 1.29 is 18.3 Å². The van der Waals surface area contributed by atoms with E-state index in [1.807, 2.05) is 0 Å². The SMILES string of the molecule is CC(Sc1nc(O)cc(=O)[nH]1)C(=O)Nc1ccc(S(=O)(=O)Nc2ncccn2)cc1. The lowest BCUT2D eigenvalue weighted by molar-refractivity contribution is -0.115. The van der Waals surface area contributed by atoms with Gasteiger partial charge in [-0.2, -0.15) is 4.98 Å². The third-order valence-electron chi connectivity index (χ3n) is 3.59. The van der Waals surface area contributed by atoms with Crippen molar-refractivity contribution in [1.29, 1.82) is 0 Å². The highest BCUT2D eigenvalue weighted by Crippen LogP contribution is 2.22. The summed E-state index contributed by atoms with van der Waals surface area (Å²) < 4.78 is 27.0. The second-order valence-corrected chi connectivity index (χ2v) is 8.87. The molecular formula is C17H16N6O5S2. The van der Waals surface area contributed by atoms with Crippen LogP contribution in [0.25, 0.3) is 0 Å². The van der Waals surface area contributed by atoms with Crippen molar-refractivity contribution in [2.45, 2.75) is 22.2 Å². The predicted molar refractivity (Wildman–Crippen MR) is 110 cm³/mol. The molecule has 1 unspecified atom stereocenters. The average molecular weight is 448 g/mol. The molecule has 0 spiro atoms. The smallest absolute Gasteiger partial charge is 0.264 e. The summed E-state index contributed by atoms with van der Waals surface area (Å²) in [6.07, 6.45) is 2.81. The van der Waals surface area contributed by atoms with Crippen molar-refractivity contribution >= 4 is 39.3 Å². The standard InChI is InChI=1S/C17H16N6O5S2/c1-10(29-17-21-13(24)9-14(25)22-17)15(26)20-11-3-5-12(6-4-11)30(27,28)23-16-18-7-2-8-19-16/h2-10H,1H3,(H,20,26)(H,18,19,23)(H2,21,22,24,25). The summed E-state index contributed by atoms with van der Waals surface area (Å²) in [5.41, 5.74) is -0.163. The Balaban J connectivity index is 1.64. The van der Waals surface area contributed by atoms with Gasteiger partial charge in [-0.05, 0) is 37.3 Å². The molecule has 156 valence electrons. The summed E-state index contributed by atoms with van der Waals surface area (Å²) in [4.78, 5) is 37.4. The van der Waals surface area contributed by atoms with E-state index in [2.05, 4.69) is 30.0 Å². The number of benzene rings is 1. The van der Waals surface area contributed by atoms with Gasteiger partial charge in [-0.15, -0.1) is 0 Å². The fraction of sp³-hybridized carbons (Fsp3) is 0.118. The summed E-state index contributed by atoms with van der Waals surface area (Å²) in [6, 6.07) is 8.00. The summed E-state index contributed by atoms with van der Waals surface area (Å²) in [5.74, 6) is -0.906. The highest BCUT2D eigenvalue weighted by molar-refractivity contribution is 8.00. The van der Waals surface area contributed by atoms with Gasteiger partial charge in [0.15, 0.2) is 5.16 Å². The fourth-order valence-electron chi connectivity index (χ4n) is 2.19. The van der Waals surface area contributed by atoms with E-state index in [1.165, 1.54) is 36.7 Å². The van der Waals surface area contributed by atoms with Crippen molar-refractivity contribution in [3.05, 3.63) is 59.1 Å². The molecular weight excluding hydrogens is 432 g/mol. The number of aromatic amines is 1. The van der Waals surface area contributed by atoms with Crippen molar-refractivity contribution in [2.75, 3.05) is 10.0 Å². The van der Waals surface area contributed by atoms with Crippen LogP contribution in [-0.4, -0.2) is 44.6 Å². The van der Waals surface area contributed by atoms with Gasteiger partial charge in [0.1, 0.15) is 0 Å². The van der Waals surface area contributed by atoms with Crippen LogP contribution in [0.1, 0.15) is 6.92 Å². The van der Waals surface area contributed by atoms with E-state index in [0.29, 0.717) is 5.69 Å². The van der Waals surface area contributed by atoms with Crippen LogP contribution in [-0.2, 0) is 14.8 Å². The van der Waals surface area contributed by atoms with Crippen LogP contribution in [0.15, 0.2) is 63.6 Å². The van der Waals surface area contributed by atoms with Crippen LogP contribution in [0.4, 0.5) is 11.6 Å². The monoisotopic (exact) mass is 448 g/mol. The van der Waals surface area contributed by atoms with Crippen molar-refractivity contribution in [2.24, 2.45) is 0 Å². The first-order chi connectivity index (χ1) is 14.2. The molecule has 11 nitrogen and oxygen atoms in total. The maximum atomic E-state index is 12.4. The van der Waals surface area contributed by atoms with Crippen LogP contribution >= 0.6 is 11.8 Å². The Bertz CT molecular complexity index is 1200. The lowest BCUT2D eigenvalue weighted by atomic mass is 10.3. The van der Waals surface area contributed by atoms with Gasteiger partial charge in [0.2, 0.25) is 17.7 Å². The molecule has 4 N–H and O–H groups in total. The number of sulfonamides is 1. The summed E-state index contributed by atoms with van der Waals surface area (Å²) >= 11 is 0.949. The number of nitrogens with one attached hydrogen (secondary N) is 3. The summed E-state index contributed by atoms with van der Waals surface area (Å²) in [7, 11) is -3.88. The minimum absolute atomic E-state index is 0.0306. The molecule has 0 aliphatic rings. The molecule has 0 bridgehead atoms. The molecule has 2 aromatic heterocycles. The molecule has 3 rings (SSSR count). The molecule has 0 saturated carbocycles. The van der Waals surface area contributed by atoms with Gasteiger partial charge in [0.05, 0.1) is 16.2 Å². The number of rotatable bonds is 7. The lowest BCUT2D eigenvalue weighted by Crippen LogP contribution is -2.23. The van der Waals surface area contributed by atoms with Crippen LogP contribution in [0.3, 0.4) is 0 Å². The lowest BCUT2D eigenvalue weighted by Gasteiger charge is -2.12. The molecule has 0 radical (unpaired) electrons.